The SMILES string of the molecule is CC/C=C/C(=O)N1C(C)CCC1C. The Morgan fingerprint density at radius 1 is 1.38 bits per heavy atom. The van der Waals surface area contributed by atoms with Crippen molar-refractivity contribution in [1.82, 2.24) is 4.90 Å². The van der Waals surface area contributed by atoms with E-state index in [1.165, 1.54) is 0 Å². The fourth-order valence-electron chi connectivity index (χ4n) is 1.93. The van der Waals surface area contributed by atoms with Crippen molar-refractivity contribution in [2.24, 2.45) is 0 Å². The van der Waals surface area contributed by atoms with E-state index in [1.807, 2.05) is 17.9 Å². The number of allylic oxidation sites excluding steroid dienone is 1. The molecule has 0 N–H and O–H groups in total. The van der Waals surface area contributed by atoms with Gasteiger partial charge in [-0.15, -0.1) is 0 Å². The van der Waals surface area contributed by atoms with Crippen molar-refractivity contribution in [2.75, 3.05) is 0 Å². The van der Waals surface area contributed by atoms with Crippen LogP contribution in [-0.2, 0) is 4.79 Å². The average Bonchev–Trinajstić information content (AvgIpc) is 2.42. The molecule has 1 amide bonds. The molecule has 1 fully saturated rings. The smallest absolute Gasteiger partial charge is 0.246 e. The van der Waals surface area contributed by atoms with Crippen LogP contribution in [0.1, 0.15) is 40.0 Å². The van der Waals surface area contributed by atoms with Gasteiger partial charge in [-0.05, 0) is 39.2 Å². The lowest BCUT2D eigenvalue weighted by Crippen LogP contribution is -2.37. The Hall–Kier alpha value is -0.790. The maximum absolute atomic E-state index is 11.7. The number of hydrogen-bond acceptors (Lipinski definition) is 1. The summed E-state index contributed by atoms with van der Waals surface area (Å²) < 4.78 is 0. The molecule has 1 saturated heterocycles. The molecule has 2 heteroatoms. The molecule has 1 rings (SSSR count). The highest BCUT2D eigenvalue weighted by molar-refractivity contribution is 5.88. The van der Waals surface area contributed by atoms with E-state index >= 15 is 0 Å². The largest absolute Gasteiger partial charge is 0.334 e. The summed E-state index contributed by atoms with van der Waals surface area (Å²) in [5.41, 5.74) is 0. The molecular formula is C11H19NO. The third-order valence-corrected chi connectivity index (χ3v) is 2.70. The molecule has 13 heavy (non-hydrogen) atoms. The molecule has 1 aliphatic rings. The van der Waals surface area contributed by atoms with E-state index < -0.39 is 0 Å². The zero-order chi connectivity index (χ0) is 9.84. The number of hydrogen-bond donors (Lipinski definition) is 0. The second-order valence-electron chi connectivity index (χ2n) is 3.83. The van der Waals surface area contributed by atoms with Crippen LogP contribution in [0.15, 0.2) is 12.2 Å². The maximum atomic E-state index is 11.7. The van der Waals surface area contributed by atoms with E-state index in [-0.39, 0.29) is 5.91 Å². The molecule has 1 aliphatic heterocycles. The van der Waals surface area contributed by atoms with Gasteiger partial charge in [0, 0.05) is 12.1 Å². The minimum atomic E-state index is 0.180. The number of nitrogens with zero attached hydrogens (tertiary/aromatic N) is 1. The second-order valence-corrected chi connectivity index (χ2v) is 3.83. The highest BCUT2D eigenvalue weighted by Gasteiger charge is 2.29. The molecule has 0 spiro atoms. The molecule has 0 radical (unpaired) electrons. The summed E-state index contributed by atoms with van der Waals surface area (Å²) in [4.78, 5) is 13.7. The van der Waals surface area contributed by atoms with Gasteiger partial charge in [-0.2, -0.15) is 0 Å². The normalized spacial score (nSPS) is 28.7. The summed E-state index contributed by atoms with van der Waals surface area (Å²) in [7, 11) is 0. The Labute approximate surface area is 80.6 Å². The fraction of sp³-hybridized carbons (Fsp3) is 0.727. The van der Waals surface area contributed by atoms with Crippen molar-refractivity contribution in [3.8, 4) is 0 Å². The van der Waals surface area contributed by atoms with E-state index in [9.17, 15) is 4.79 Å². The number of carbonyl (C=O) groups excluding carboxylic acids is 1. The van der Waals surface area contributed by atoms with E-state index in [4.69, 9.17) is 0 Å². The standard InChI is InChI=1S/C11H19NO/c1-4-5-6-11(13)12-9(2)7-8-10(12)3/h5-6,9-10H,4,7-8H2,1-3H3/b6-5+. The minimum Gasteiger partial charge on any atom is -0.334 e. The van der Waals surface area contributed by atoms with Crippen LogP contribution in [0.5, 0.6) is 0 Å². The van der Waals surface area contributed by atoms with Crippen molar-refractivity contribution in [1.29, 1.82) is 0 Å². The van der Waals surface area contributed by atoms with Crippen molar-refractivity contribution in [3.63, 3.8) is 0 Å². The second kappa shape index (κ2) is 4.45. The van der Waals surface area contributed by atoms with Crippen LogP contribution in [0.3, 0.4) is 0 Å². The molecule has 2 nitrogen and oxygen atoms in total. The maximum Gasteiger partial charge on any atom is 0.246 e. The topological polar surface area (TPSA) is 20.3 Å². The van der Waals surface area contributed by atoms with Crippen LogP contribution >= 0.6 is 0 Å². The minimum absolute atomic E-state index is 0.180. The lowest BCUT2D eigenvalue weighted by Gasteiger charge is -2.24. The van der Waals surface area contributed by atoms with Crippen LogP contribution in [0.2, 0.25) is 0 Å². The summed E-state index contributed by atoms with van der Waals surface area (Å²) >= 11 is 0. The molecule has 0 aromatic carbocycles. The zero-order valence-corrected chi connectivity index (χ0v) is 8.79. The van der Waals surface area contributed by atoms with Gasteiger partial charge in [-0.1, -0.05) is 13.0 Å². The molecule has 74 valence electrons. The fourth-order valence-corrected chi connectivity index (χ4v) is 1.93. The Kier molecular flexibility index (Phi) is 3.52. The third-order valence-electron chi connectivity index (χ3n) is 2.70. The molecule has 2 unspecified atom stereocenters. The first-order chi connectivity index (χ1) is 6.16. The van der Waals surface area contributed by atoms with Gasteiger partial charge < -0.3 is 4.90 Å². The van der Waals surface area contributed by atoms with Gasteiger partial charge in [0.1, 0.15) is 0 Å². The first-order valence-corrected chi connectivity index (χ1v) is 5.15. The van der Waals surface area contributed by atoms with Crippen LogP contribution in [-0.4, -0.2) is 22.9 Å². The van der Waals surface area contributed by atoms with E-state index in [0.717, 1.165) is 19.3 Å². The third kappa shape index (κ3) is 2.33. The summed E-state index contributed by atoms with van der Waals surface area (Å²) in [6.45, 7) is 6.29. The van der Waals surface area contributed by atoms with E-state index in [0.29, 0.717) is 12.1 Å². The predicted molar refractivity (Wildman–Crippen MR) is 54.4 cm³/mol. The van der Waals surface area contributed by atoms with Gasteiger partial charge in [0.25, 0.3) is 0 Å². The predicted octanol–water partition coefficient (Wildman–Crippen LogP) is 2.35. The summed E-state index contributed by atoms with van der Waals surface area (Å²) in [5, 5.41) is 0. The van der Waals surface area contributed by atoms with Crippen molar-refractivity contribution < 1.29 is 4.79 Å². The van der Waals surface area contributed by atoms with Crippen LogP contribution in [0.4, 0.5) is 0 Å². The highest BCUT2D eigenvalue weighted by Crippen LogP contribution is 2.23. The number of carbonyl (C=O) groups is 1. The van der Waals surface area contributed by atoms with Gasteiger partial charge in [0.05, 0.1) is 0 Å². The van der Waals surface area contributed by atoms with Gasteiger partial charge in [0.15, 0.2) is 0 Å². The molecule has 0 aromatic rings. The monoisotopic (exact) mass is 181 g/mol. The first-order valence-electron chi connectivity index (χ1n) is 5.15. The van der Waals surface area contributed by atoms with Crippen molar-refractivity contribution >= 4 is 5.91 Å². The molecular weight excluding hydrogens is 162 g/mol. The Bertz CT molecular complexity index is 200. The number of likely N-dealkylation sites (tertiary alicyclic amines) is 1. The Morgan fingerprint density at radius 3 is 2.38 bits per heavy atom. The van der Waals surface area contributed by atoms with Gasteiger partial charge in [-0.3, -0.25) is 4.79 Å². The van der Waals surface area contributed by atoms with Crippen LogP contribution < -0.4 is 0 Å². The first kappa shape index (κ1) is 10.3. The summed E-state index contributed by atoms with van der Waals surface area (Å²) in [6, 6.07) is 0.841. The van der Waals surface area contributed by atoms with E-state index in [1.54, 1.807) is 6.08 Å². The Morgan fingerprint density at radius 2 is 1.92 bits per heavy atom. The van der Waals surface area contributed by atoms with Gasteiger partial charge in [0.2, 0.25) is 5.91 Å². The average molecular weight is 181 g/mol. The van der Waals surface area contributed by atoms with Crippen molar-refractivity contribution in [3.05, 3.63) is 12.2 Å². The molecule has 0 saturated carbocycles. The molecule has 1 heterocycles. The number of rotatable bonds is 2. The molecule has 0 bridgehead atoms. The Balaban J connectivity index is 2.59. The molecule has 0 aromatic heterocycles. The van der Waals surface area contributed by atoms with Crippen molar-refractivity contribution in [2.45, 2.75) is 52.1 Å². The summed E-state index contributed by atoms with van der Waals surface area (Å²) in [5.74, 6) is 0.180. The van der Waals surface area contributed by atoms with Crippen LogP contribution in [0, 0.1) is 0 Å². The van der Waals surface area contributed by atoms with Crippen LogP contribution in [0.25, 0.3) is 0 Å². The lowest BCUT2D eigenvalue weighted by molar-refractivity contribution is -0.128. The molecule has 2 atom stereocenters. The van der Waals surface area contributed by atoms with Gasteiger partial charge in [-0.25, -0.2) is 0 Å². The quantitative estimate of drug-likeness (QED) is 0.599. The number of amides is 1. The highest BCUT2D eigenvalue weighted by atomic mass is 16.2. The summed E-state index contributed by atoms with van der Waals surface area (Å²) in [6.07, 6.45) is 6.86. The zero-order valence-electron chi connectivity index (χ0n) is 8.79. The lowest BCUT2D eigenvalue weighted by atomic mass is 10.2. The molecule has 0 aliphatic carbocycles. The van der Waals surface area contributed by atoms with Gasteiger partial charge >= 0.3 is 0 Å². The van der Waals surface area contributed by atoms with E-state index in [2.05, 4.69) is 13.8 Å².